The largest absolute Gasteiger partial charge is 0.347 e. The topological polar surface area (TPSA) is 45.2 Å². The fourth-order valence-corrected chi connectivity index (χ4v) is 5.05. The lowest BCUT2D eigenvalue weighted by molar-refractivity contribution is 0.106. The molecule has 0 radical (unpaired) electrons. The van der Waals surface area contributed by atoms with E-state index in [4.69, 9.17) is 0 Å². The van der Waals surface area contributed by atoms with Gasteiger partial charge in [-0.25, -0.2) is 14.4 Å². The number of halogens is 1. The summed E-state index contributed by atoms with van der Waals surface area (Å²) in [7, 11) is 0. The van der Waals surface area contributed by atoms with Crippen LogP contribution in [0.25, 0.3) is 10.2 Å². The van der Waals surface area contributed by atoms with Crippen molar-refractivity contribution in [2.45, 2.75) is 32.0 Å². The molecule has 0 spiro atoms. The smallest absolute Gasteiger partial charge is 0.150 e. The van der Waals surface area contributed by atoms with Crippen molar-refractivity contribution >= 4 is 27.4 Å². The molecule has 2 unspecified atom stereocenters. The van der Waals surface area contributed by atoms with Crippen molar-refractivity contribution < 1.29 is 4.39 Å². The first kappa shape index (κ1) is 15.2. The number of fused-ring (bicyclic) bond motifs is 3. The van der Waals surface area contributed by atoms with E-state index in [0.717, 1.165) is 24.4 Å². The molecule has 0 aliphatic carbocycles. The molecule has 7 heteroatoms. The highest BCUT2D eigenvalue weighted by molar-refractivity contribution is 7.18. The molecule has 0 saturated carbocycles. The average Bonchev–Trinajstić information content (AvgIpc) is 2.99. The highest BCUT2D eigenvalue weighted by atomic mass is 32.1. The number of hydrogen-bond acceptors (Lipinski definition) is 6. The lowest BCUT2D eigenvalue weighted by atomic mass is 9.87. The molecule has 25 heavy (non-hydrogen) atoms. The van der Waals surface area contributed by atoms with E-state index in [1.54, 1.807) is 29.9 Å². The zero-order valence-electron chi connectivity index (χ0n) is 13.9. The van der Waals surface area contributed by atoms with Gasteiger partial charge in [0.15, 0.2) is 5.82 Å². The minimum absolute atomic E-state index is 0.217. The van der Waals surface area contributed by atoms with E-state index in [0.29, 0.717) is 24.3 Å². The molecular weight excluding hydrogens is 337 g/mol. The van der Waals surface area contributed by atoms with Crippen molar-refractivity contribution in [2.75, 3.05) is 18.0 Å². The number of rotatable bonds is 3. The van der Waals surface area contributed by atoms with E-state index in [2.05, 4.69) is 37.1 Å². The molecule has 0 amide bonds. The maximum Gasteiger partial charge on any atom is 0.150 e. The van der Waals surface area contributed by atoms with Gasteiger partial charge in [-0.15, -0.1) is 11.3 Å². The van der Waals surface area contributed by atoms with Gasteiger partial charge in [-0.3, -0.25) is 9.88 Å². The van der Waals surface area contributed by atoms with Gasteiger partial charge in [0.1, 0.15) is 12.1 Å². The lowest BCUT2D eigenvalue weighted by Gasteiger charge is -2.57. The maximum atomic E-state index is 13.9. The number of aryl methyl sites for hydroxylation is 1. The van der Waals surface area contributed by atoms with Crippen LogP contribution in [-0.2, 0) is 6.54 Å². The van der Waals surface area contributed by atoms with Gasteiger partial charge >= 0.3 is 0 Å². The highest BCUT2D eigenvalue weighted by Crippen LogP contribution is 2.41. The third-order valence-corrected chi connectivity index (χ3v) is 6.32. The molecule has 128 valence electrons. The molecule has 0 N–H and O–H groups in total. The number of pyridine rings is 1. The van der Waals surface area contributed by atoms with E-state index in [1.165, 1.54) is 22.8 Å². The SMILES string of the molecule is Cc1csc2c(N3C4CC3CN(Cc3ncccc3F)C4)ncnc12. The summed E-state index contributed by atoms with van der Waals surface area (Å²) in [4.78, 5) is 17.9. The van der Waals surface area contributed by atoms with Crippen LogP contribution in [0.1, 0.15) is 17.7 Å². The van der Waals surface area contributed by atoms with E-state index < -0.39 is 0 Å². The number of thiophene rings is 1. The van der Waals surface area contributed by atoms with Gasteiger partial charge < -0.3 is 4.90 Å². The Labute approximate surface area is 149 Å². The predicted molar refractivity (Wildman–Crippen MR) is 96.3 cm³/mol. The van der Waals surface area contributed by atoms with Crippen molar-refractivity contribution in [1.82, 2.24) is 19.9 Å². The normalized spacial score (nSPS) is 23.0. The summed E-state index contributed by atoms with van der Waals surface area (Å²) in [6.45, 7) is 4.51. The van der Waals surface area contributed by atoms with Crippen LogP contribution in [0.2, 0.25) is 0 Å². The zero-order valence-corrected chi connectivity index (χ0v) is 14.7. The molecule has 3 fully saturated rings. The monoisotopic (exact) mass is 355 g/mol. The first-order valence-electron chi connectivity index (χ1n) is 8.49. The third kappa shape index (κ3) is 2.41. The number of anilines is 1. The molecule has 0 aromatic carbocycles. The van der Waals surface area contributed by atoms with Crippen molar-refractivity contribution in [1.29, 1.82) is 0 Å². The minimum atomic E-state index is -0.217. The van der Waals surface area contributed by atoms with Crippen LogP contribution in [-0.4, -0.2) is 45.0 Å². The molecule has 5 nitrogen and oxygen atoms in total. The third-order valence-electron chi connectivity index (χ3n) is 5.23. The summed E-state index contributed by atoms with van der Waals surface area (Å²) in [6.07, 6.45) is 4.51. The summed E-state index contributed by atoms with van der Waals surface area (Å²) >= 11 is 1.72. The van der Waals surface area contributed by atoms with Crippen molar-refractivity contribution in [3.05, 3.63) is 47.1 Å². The van der Waals surface area contributed by atoms with Crippen LogP contribution in [0.15, 0.2) is 30.0 Å². The van der Waals surface area contributed by atoms with Crippen molar-refractivity contribution in [2.24, 2.45) is 0 Å². The van der Waals surface area contributed by atoms with E-state index >= 15 is 0 Å². The van der Waals surface area contributed by atoms with Crippen LogP contribution < -0.4 is 4.90 Å². The number of hydrogen-bond donors (Lipinski definition) is 0. The Hall–Kier alpha value is -2.12. The van der Waals surface area contributed by atoms with Crippen LogP contribution >= 0.6 is 11.3 Å². The zero-order chi connectivity index (χ0) is 17.0. The second-order valence-corrected chi connectivity index (χ2v) is 7.75. The van der Waals surface area contributed by atoms with Crippen LogP contribution in [0.3, 0.4) is 0 Å². The van der Waals surface area contributed by atoms with Gasteiger partial charge in [0.05, 0.1) is 15.9 Å². The standard InChI is InChI=1S/C18H18FN5S/c1-11-9-25-17-16(11)21-10-22-18(17)24-12-5-13(24)7-23(6-12)8-15-14(19)3-2-4-20-15/h2-4,9-10,12-13H,5-8H2,1H3. The maximum absolute atomic E-state index is 13.9. The summed E-state index contributed by atoms with van der Waals surface area (Å²) in [5.74, 6) is 0.846. The van der Waals surface area contributed by atoms with Crippen molar-refractivity contribution in [3.8, 4) is 0 Å². The summed E-state index contributed by atoms with van der Waals surface area (Å²) in [5.41, 5.74) is 2.81. The lowest BCUT2D eigenvalue weighted by Crippen LogP contribution is -2.69. The Morgan fingerprint density at radius 2 is 2.08 bits per heavy atom. The Kier molecular flexibility index (Phi) is 3.46. The fraction of sp³-hybridized carbons (Fsp3) is 0.389. The van der Waals surface area contributed by atoms with Gasteiger partial charge in [0.2, 0.25) is 0 Å². The molecule has 6 rings (SSSR count). The molecule has 3 aromatic rings. The second kappa shape index (κ2) is 5.71. The van der Waals surface area contributed by atoms with E-state index in [1.807, 2.05) is 0 Å². The Morgan fingerprint density at radius 3 is 2.88 bits per heavy atom. The van der Waals surface area contributed by atoms with Crippen LogP contribution in [0.4, 0.5) is 10.2 Å². The second-order valence-electron chi connectivity index (χ2n) is 6.87. The first-order chi connectivity index (χ1) is 12.2. The number of piperidine rings is 1. The Morgan fingerprint density at radius 1 is 1.24 bits per heavy atom. The van der Waals surface area contributed by atoms with Gasteiger partial charge in [-0.05, 0) is 36.4 Å². The first-order valence-corrected chi connectivity index (χ1v) is 9.37. The Balaban J connectivity index is 1.37. The minimum Gasteiger partial charge on any atom is -0.347 e. The summed E-state index contributed by atoms with van der Waals surface area (Å²) in [6, 6.07) is 3.99. The van der Waals surface area contributed by atoms with Crippen LogP contribution in [0, 0.1) is 12.7 Å². The molecule has 3 aromatic heterocycles. The molecule has 6 heterocycles. The summed E-state index contributed by atoms with van der Waals surface area (Å²) in [5, 5.41) is 2.15. The van der Waals surface area contributed by atoms with E-state index in [9.17, 15) is 4.39 Å². The molecule has 2 bridgehead atoms. The predicted octanol–water partition coefficient (Wildman–Crippen LogP) is 3.00. The molecule has 3 saturated heterocycles. The van der Waals surface area contributed by atoms with Gasteiger partial charge in [-0.1, -0.05) is 0 Å². The number of aromatic nitrogens is 3. The van der Waals surface area contributed by atoms with Gasteiger partial charge in [0, 0.05) is 37.9 Å². The molecular formula is C18H18FN5S. The number of piperazine rings is 1. The van der Waals surface area contributed by atoms with Gasteiger partial charge in [0.25, 0.3) is 0 Å². The molecule has 2 atom stereocenters. The molecule has 3 aliphatic heterocycles. The fourth-order valence-electron chi connectivity index (χ4n) is 4.06. The Bertz CT molecular complexity index is 930. The molecule has 3 aliphatic rings. The van der Waals surface area contributed by atoms with Crippen LogP contribution in [0.5, 0.6) is 0 Å². The highest BCUT2D eigenvalue weighted by Gasteiger charge is 2.46. The average molecular weight is 355 g/mol. The summed E-state index contributed by atoms with van der Waals surface area (Å²) < 4.78 is 15.0. The van der Waals surface area contributed by atoms with Gasteiger partial charge in [-0.2, -0.15) is 0 Å². The van der Waals surface area contributed by atoms with Crippen molar-refractivity contribution in [3.63, 3.8) is 0 Å². The quantitative estimate of drug-likeness (QED) is 0.723. The van der Waals surface area contributed by atoms with E-state index in [-0.39, 0.29) is 5.82 Å². The number of nitrogens with zero attached hydrogens (tertiary/aromatic N) is 5.